The number of hydrogen-bond donors (Lipinski definition) is 0. The van der Waals surface area contributed by atoms with Crippen LogP contribution in [0.2, 0.25) is 0 Å². The van der Waals surface area contributed by atoms with E-state index in [1.807, 2.05) is 0 Å². The van der Waals surface area contributed by atoms with Crippen LogP contribution in [0.15, 0.2) is 24.3 Å². The van der Waals surface area contributed by atoms with Crippen LogP contribution in [-0.4, -0.2) is 24.0 Å². The second-order valence-electron chi connectivity index (χ2n) is 5.23. The summed E-state index contributed by atoms with van der Waals surface area (Å²) >= 11 is 0. The number of benzene rings is 1. The van der Waals surface area contributed by atoms with Gasteiger partial charge in [0.05, 0.1) is 6.07 Å². The average Bonchev–Trinajstić information content (AvgIpc) is 3.14. The van der Waals surface area contributed by atoms with E-state index in [-0.39, 0.29) is 0 Å². The molecule has 0 aromatic heterocycles. The Kier molecular flexibility index (Phi) is 2.86. The highest BCUT2D eigenvalue weighted by molar-refractivity contribution is 5.40. The molecule has 0 amide bonds. The third-order valence-electron chi connectivity index (χ3n) is 3.99. The molecule has 2 aliphatic carbocycles. The van der Waals surface area contributed by atoms with Gasteiger partial charge in [-0.3, -0.25) is 4.90 Å². The Morgan fingerprint density at radius 3 is 2.82 bits per heavy atom. The van der Waals surface area contributed by atoms with Gasteiger partial charge < -0.3 is 0 Å². The third kappa shape index (κ3) is 2.21. The lowest BCUT2D eigenvalue weighted by Crippen LogP contribution is -2.35. The Balaban J connectivity index is 1.61. The van der Waals surface area contributed by atoms with Crippen LogP contribution in [0.3, 0.4) is 0 Å². The van der Waals surface area contributed by atoms with Crippen LogP contribution in [0.4, 0.5) is 0 Å². The number of nitrogens with zero attached hydrogens (tertiary/aromatic N) is 2. The molecule has 1 atom stereocenters. The molecular weight excluding hydrogens is 208 g/mol. The number of nitriles is 1. The summed E-state index contributed by atoms with van der Waals surface area (Å²) in [6.07, 6.45) is 4.57. The topological polar surface area (TPSA) is 27.0 Å². The zero-order valence-electron chi connectivity index (χ0n) is 10.1. The summed E-state index contributed by atoms with van der Waals surface area (Å²) in [4.78, 5) is 2.53. The molecule has 1 saturated carbocycles. The first-order valence-corrected chi connectivity index (χ1v) is 6.57. The van der Waals surface area contributed by atoms with Crippen LogP contribution >= 0.6 is 0 Å². The smallest absolute Gasteiger partial charge is 0.0635 e. The fourth-order valence-electron chi connectivity index (χ4n) is 2.86. The first kappa shape index (κ1) is 10.8. The summed E-state index contributed by atoms with van der Waals surface area (Å²) in [7, 11) is 0. The van der Waals surface area contributed by atoms with Gasteiger partial charge in [-0.25, -0.2) is 0 Å². The van der Waals surface area contributed by atoms with Crippen molar-refractivity contribution in [1.29, 1.82) is 5.26 Å². The standard InChI is InChI=1S/C15H18N2/c16-8-3-9-17(14-6-7-14)11-13-10-12-4-1-2-5-15(12)13/h1-2,4-5,13-14H,3,6-7,9-11H2. The van der Waals surface area contributed by atoms with Crippen LogP contribution < -0.4 is 0 Å². The zero-order chi connectivity index (χ0) is 11.7. The van der Waals surface area contributed by atoms with E-state index in [4.69, 9.17) is 5.26 Å². The normalized spacial score (nSPS) is 21.8. The molecule has 1 aromatic carbocycles. The highest BCUT2D eigenvalue weighted by Crippen LogP contribution is 2.37. The van der Waals surface area contributed by atoms with Gasteiger partial charge in [-0.2, -0.15) is 5.26 Å². The highest BCUT2D eigenvalue weighted by Gasteiger charge is 2.33. The van der Waals surface area contributed by atoms with E-state index in [1.54, 1.807) is 0 Å². The molecule has 1 fully saturated rings. The third-order valence-corrected chi connectivity index (χ3v) is 3.99. The monoisotopic (exact) mass is 226 g/mol. The van der Waals surface area contributed by atoms with Crippen molar-refractivity contribution in [3.05, 3.63) is 35.4 Å². The minimum Gasteiger partial charge on any atom is -0.299 e. The summed E-state index contributed by atoms with van der Waals surface area (Å²) in [5, 5.41) is 8.70. The summed E-state index contributed by atoms with van der Waals surface area (Å²) in [5.41, 5.74) is 3.06. The Morgan fingerprint density at radius 1 is 1.29 bits per heavy atom. The number of fused-ring (bicyclic) bond motifs is 1. The maximum Gasteiger partial charge on any atom is 0.0635 e. The lowest BCUT2D eigenvalue weighted by molar-refractivity contribution is 0.243. The van der Waals surface area contributed by atoms with Gasteiger partial charge in [-0.05, 0) is 30.4 Å². The van der Waals surface area contributed by atoms with Crippen LogP contribution in [0.5, 0.6) is 0 Å². The largest absolute Gasteiger partial charge is 0.299 e. The van der Waals surface area contributed by atoms with E-state index in [1.165, 1.54) is 30.4 Å². The molecule has 2 nitrogen and oxygen atoms in total. The molecule has 2 heteroatoms. The van der Waals surface area contributed by atoms with E-state index in [2.05, 4.69) is 35.2 Å². The van der Waals surface area contributed by atoms with Crippen molar-refractivity contribution in [2.45, 2.75) is 37.6 Å². The number of hydrogen-bond acceptors (Lipinski definition) is 2. The molecule has 1 aromatic rings. The van der Waals surface area contributed by atoms with Gasteiger partial charge in [0.2, 0.25) is 0 Å². The van der Waals surface area contributed by atoms with Crippen LogP contribution in [0.25, 0.3) is 0 Å². The second-order valence-corrected chi connectivity index (χ2v) is 5.23. The highest BCUT2D eigenvalue weighted by atomic mass is 15.2. The lowest BCUT2D eigenvalue weighted by atomic mass is 9.77. The van der Waals surface area contributed by atoms with Gasteiger partial charge in [-0.15, -0.1) is 0 Å². The molecule has 0 aliphatic heterocycles. The van der Waals surface area contributed by atoms with E-state index in [9.17, 15) is 0 Å². The van der Waals surface area contributed by atoms with Gasteiger partial charge >= 0.3 is 0 Å². The molecule has 2 aliphatic rings. The quantitative estimate of drug-likeness (QED) is 0.772. The Hall–Kier alpha value is -1.33. The molecule has 3 rings (SSSR count). The Morgan fingerprint density at radius 2 is 2.12 bits per heavy atom. The Bertz CT molecular complexity index is 442. The van der Waals surface area contributed by atoms with Crippen molar-refractivity contribution in [2.75, 3.05) is 13.1 Å². The van der Waals surface area contributed by atoms with Gasteiger partial charge in [0.15, 0.2) is 0 Å². The molecule has 0 saturated heterocycles. The summed E-state index contributed by atoms with van der Waals surface area (Å²) in [6.45, 7) is 2.11. The van der Waals surface area contributed by atoms with E-state index >= 15 is 0 Å². The molecule has 17 heavy (non-hydrogen) atoms. The van der Waals surface area contributed by atoms with E-state index < -0.39 is 0 Å². The predicted octanol–water partition coefficient (Wildman–Crippen LogP) is 2.70. The second kappa shape index (κ2) is 4.50. The van der Waals surface area contributed by atoms with Gasteiger partial charge in [-0.1, -0.05) is 24.3 Å². The fraction of sp³-hybridized carbons (Fsp3) is 0.533. The van der Waals surface area contributed by atoms with Crippen molar-refractivity contribution >= 4 is 0 Å². The van der Waals surface area contributed by atoms with Crippen molar-refractivity contribution in [2.24, 2.45) is 0 Å². The van der Waals surface area contributed by atoms with Crippen LogP contribution in [-0.2, 0) is 6.42 Å². The fourth-order valence-corrected chi connectivity index (χ4v) is 2.86. The van der Waals surface area contributed by atoms with E-state index in [0.29, 0.717) is 12.3 Å². The lowest BCUT2D eigenvalue weighted by Gasteiger charge is -2.34. The summed E-state index contributed by atoms with van der Waals surface area (Å²) in [6, 6.07) is 11.8. The van der Waals surface area contributed by atoms with Crippen LogP contribution in [0.1, 0.15) is 36.3 Å². The summed E-state index contributed by atoms with van der Waals surface area (Å²) < 4.78 is 0. The van der Waals surface area contributed by atoms with Crippen molar-refractivity contribution in [1.82, 2.24) is 4.90 Å². The summed E-state index contributed by atoms with van der Waals surface area (Å²) in [5.74, 6) is 0.713. The Labute approximate surface area is 103 Å². The van der Waals surface area contributed by atoms with Gasteiger partial charge in [0.1, 0.15) is 0 Å². The van der Waals surface area contributed by atoms with Gasteiger partial charge in [0, 0.05) is 31.5 Å². The minimum atomic E-state index is 0.671. The molecule has 0 spiro atoms. The molecule has 0 radical (unpaired) electrons. The first-order chi connectivity index (χ1) is 8.38. The molecule has 0 bridgehead atoms. The minimum absolute atomic E-state index is 0.671. The molecule has 1 unspecified atom stereocenters. The SMILES string of the molecule is N#CCCN(CC1Cc2ccccc21)C1CC1. The van der Waals surface area contributed by atoms with Crippen molar-refractivity contribution < 1.29 is 0 Å². The predicted molar refractivity (Wildman–Crippen MR) is 67.7 cm³/mol. The molecule has 0 heterocycles. The molecule has 88 valence electrons. The maximum atomic E-state index is 8.70. The first-order valence-electron chi connectivity index (χ1n) is 6.57. The average molecular weight is 226 g/mol. The van der Waals surface area contributed by atoms with Crippen molar-refractivity contribution in [3.8, 4) is 6.07 Å². The number of rotatable bonds is 5. The molecule has 0 N–H and O–H groups in total. The van der Waals surface area contributed by atoms with E-state index in [0.717, 1.165) is 19.1 Å². The van der Waals surface area contributed by atoms with Crippen LogP contribution in [0, 0.1) is 11.3 Å². The zero-order valence-corrected chi connectivity index (χ0v) is 10.1. The van der Waals surface area contributed by atoms with Gasteiger partial charge in [0.25, 0.3) is 0 Å². The maximum absolute atomic E-state index is 8.70. The molecular formula is C15H18N2. The van der Waals surface area contributed by atoms with Crippen molar-refractivity contribution in [3.63, 3.8) is 0 Å².